The van der Waals surface area contributed by atoms with Gasteiger partial charge in [-0.2, -0.15) is 0 Å². The molecule has 2 aromatic rings. The number of carboxylic acid groups (broad SMARTS) is 1. The van der Waals surface area contributed by atoms with Gasteiger partial charge in [0.15, 0.2) is 0 Å². The molecule has 1 aromatic heterocycles. The number of carboxylic acids is 1. The topological polar surface area (TPSA) is 37.3 Å². The van der Waals surface area contributed by atoms with Gasteiger partial charge in [-0.25, -0.2) is 4.79 Å². The van der Waals surface area contributed by atoms with E-state index in [-0.39, 0.29) is 5.56 Å². The molecule has 0 radical (unpaired) electrons. The van der Waals surface area contributed by atoms with Crippen LogP contribution in [0.2, 0.25) is 9.36 Å². The number of hydrogen-bond donors (Lipinski definition) is 1. The highest BCUT2D eigenvalue weighted by molar-refractivity contribution is 7.19. The van der Waals surface area contributed by atoms with Crippen LogP contribution in [0.3, 0.4) is 0 Å². The van der Waals surface area contributed by atoms with E-state index in [1.165, 1.54) is 17.4 Å². The van der Waals surface area contributed by atoms with Crippen LogP contribution in [0.15, 0.2) is 30.3 Å². The van der Waals surface area contributed by atoms with Crippen molar-refractivity contribution in [2.24, 2.45) is 0 Å². The van der Waals surface area contributed by atoms with Crippen LogP contribution in [0.25, 0.3) is 10.4 Å². The van der Waals surface area contributed by atoms with Crippen molar-refractivity contribution in [1.29, 1.82) is 0 Å². The number of thiophene rings is 1. The fourth-order valence-electron chi connectivity index (χ4n) is 1.37. The highest BCUT2D eigenvalue weighted by atomic mass is 35.5. The second kappa shape index (κ2) is 4.45. The molecule has 2 rings (SSSR count). The molecule has 0 bridgehead atoms. The third-order valence-electron chi connectivity index (χ3n) is 2.05. The number of rotatable bonds is 2. The maximum atomic E-state index is 11.1. The Morgan fingerprint density at radius 2 is 1.94 bits per heavy atom. The molecule has 0 amide bonds. The SMILES string of the molecule is O=C(O)c1cc(Cl)ccc1-c1ccc(Cl)s1. The van der Waals surface area contributed by atoms with Crippen LogP contribution in [-0.4, -0.2) is 11.1 Å². The second-order valence-electron chi connectivity index (χ2n) is 3.10. The predicted molar refractivity (Wildman–Crippen MR) is 66.7 cm³/mol. The third kappa shape index (κ3) is 2.21. The van der Waals surface area contributed by atoms with E-state index in [4.69, 9.17) is 28.3 Å². The van der Waals surface area contributed by atoms with Crippen LogP contribution < -0.4 is 0 Å². The lowest BCUT2D eigenvalue weighted by Gasteiger charge is -2.03. The minimum Gasteiger partial charge on any atom is -0.478 e. The molecule has 16 heavy (non-hydrogen) atoms. The molecule has 1 N–H and O–H groups in total. The highest BCUT2D eigenvalue weighted by Gasteiger charge is 2.13. The molecular formula is C11H6Cl2O2S. The van der Waals surface area contributed by atoms with Gasteiger partial charge >= 0.3 is 5.97 Å². The lowest BCUT2D eigenvalue weighted by atomic mass is 10.1. The Hall–Kier alpha value is -1.03. The largest absolute Gasteiger partial charge is 0.478 e. The summed E-state index contributed by atoms with van der Waals surface area (Å²) in [5.41, 5.74) is 0.819. The lowest BCUT2D eigenvalue weighted by Crippen LogP contribution is -1.98. The van der Waals surface area contributed by atoms with Crippen molar-refractivity contribution in [3.8, 4) is 10.4 Å². The van der Waals surface area contributed by atoms with Gasteiger partial charge in [-0.1, -0.05) is 29.3 Å². The van der Waals surface area contributed by atoms with Crippen molar-refractivity contribution in [2.45, 2.75) is 0 Å². The Kier molecular flexibility index (Phi) is 3.19. The van der Waals surface area contributed by atoms with E-state index < -0.39 is 5.97 Å². The molecule has 0 aliphatic rings. The van der Waals surface area contributed by atoms with Gasteiger partial charge in [0.25, 0.3) is 0 Å². The first kappa shape index (κ1) is 11.5. The van der Waals surface area contributed by atoms with Gasteiger partial charge in [0.1, 0.15) is 0 Å². The number of halogens is 2. The molecule has 1 aromatic carbocycles. The molecule has 2 nitrogen and oxygen atoms in total. The van der Waals surface area contributed by atoms with Gasteiger partial charge < -0.3 is 5.11 Å². The third-order valence-corrected chi connectivity index (χ3v) is 3.55. The normalized spacial score (nSPS) is 10.4. The summed E-state index contributed by atoms with van der Waals surface area (Å²) in [6.45, 7) is 0. The van der Waals surface area contributed by atoms with Gasteiger partial charge in [0.05, 0.1) is 9.90 Å². The molecular weight excluding hydrogens is 267 g/mol. The number of carbonyl (C=O) groups is 1. The minimum atomic E-state index is -0.998. The molecule has 82 valence electrons. The summed E-state index contributed by atoms with van der Waals surface area (Å²) < 4.78 is 0.626. The highest BCUT2D eigenvalue weighted by Crippen LogP contribution is 2.34. The zero-order chi connectivity index (χ0) is 11.7. The first-order valence-corrected chi connectivity index (χ1v) is 5.94. The van der Waals surface area contributed by atoms with E-state index in [9.17, 15) is 4.79 Å². The van der Waals surface area contributed by atoms with Gasteiger partial charge in [-0.3, -0.25) is 0 Å². The molecule has 0 saturated carbocycles. The smallest absolute Gasteiger partial charge is 0.336 e. The zero-order valence-electron chi connectivity index (χ0n) is 7.91. The maximum Gasteiger partial charge on any atom is 0.336 e. The van der Waals surface area contributed by atoms with E-state index in [0.29, 0.717) is 14.9 Å². The predicted octanol–water partition coefficient (Wildman–Crippen LogP) is 4.42. The average Bonchev–Trinajstić information content (AvgIpc) is 2.64. The van der Waals surface area contributed by atoms with E-state index in [1.807, 2.05) is 0 Å². The van der Waals surface area contributed by atoms with Gasteiger partial charge in [-0.15, -0.1) is 11.3 Å². The van der Waals surface area contributed by atoms with E-state index >= 15 is 0 Å². The van der Waals surface area contributed by atoms with E-state index in [1.54, 1.807) is 24.3 Å². The van der Waals surface area contributed by atoms with Crippen molar-refractivity contribution in [3.05, 3.63) is 45.3 Å². The first-order chi connectivity index (χ1) is 7.58. The molecule has 0 fully saturated rings. The van der Waals surface area contributed by atoms with Gasteiger partial charge in [-0.05, 0) is 24.3 Å². The molecule has 0 aliphatic heterocycles. The second-order valence-corrected chi connectivity index (χ2v) is 5.25. The standard InChI is InChI=1S/C11H6Cl2O2S/c12-6-1-2-7(8(5-6)11(14)15)9-3-4-10(13)16-9/h1-5H,(H,14,15). The van der Waals surface area contributed by atoms with Crippen LogP contribution in [0.1, 0.15) is 10.4 Å². The Morgan fingerprint density at radius 1 is 1.19 bits per heavy atom. The minimum absolute atomic E-state index is 0.186. The van der Waals surface area contributed by atoms with Crippen LogP contribution in [0.4, 0.5) is 0 Å². The summed E-state index contributed by atoms with van der Waals surface area (Å²) >= 11 is 12.9. The molecule has 0 atom stereocenters. The van der Waals surface area contributed by atoms with Crippen LogP contribution >= 0.6 is 34.5 Å². The number of aromatic carboxylic acids is 1. The lowest BCUT2D eigenvalue weighted by molar-refractivity contribution is 0.0698. The zero-order valence-corrected chi connectivity index (χ0v) is 10.2. The van der Waals surface area contributed by atoms with Gasteiger partial charge in [0.2, 0.25) is 0 Å². The summed E-state index contributed by atoms with van der Waals surface area (Å²) in [5, 5.41) is 9.48. The Balaban J connectivity index is 2.60. The van der Waals surface area contributed by atoms with Crippen molar-refractivity contribution in [1.82, 2.24) is 0 Å². The Labute approximate surface area is 106 Å². The quantitative estimate of drug-likeness (QED) is 0.879. The van der Waals surface area contributed by atoms with E-state index in [2.05, 4.69) is 0 Å². The number of hydrogen-bond acceptors (Lipinski definition) is 2. The summed E-state index contributed by atoms with van der Waals surface area (Å²) in [4.78, 5) is 11.9. The summed E-state index contributed by atoms with van der Waals surface area (Å²) in [5.74, 6) is -0.998. The molecule has 0 saturated heterocycles. The summed E-state index contributed by atoms with van der Waals surface area (Å²) in [7, 11) is 0. The van der Waals surface area contributed by atoms with Crippen molar-refractivity contribution < 1.29 is 9.90 Å². The summed E-state index contributed by atoms with van der Waals surface area (Å²) in [6.07, 6.45) is 0. The van der Waals surface area contributed by atoms with Crippen LogP contribution in [0, 0.1) is 0 Å². The fourth-order valence-corrected chi connectivity index (χ4v) is 2.62. The van der Waals surface area contributed by atoms with Crippen molar-refractivity contribution in [3.63, 3.8) is 0 Å². The monoisotopic (exact) mass is 272 g/mol. The first-order valence-electron chi connectivity index (χ1n) is 4.36. The Bertz CT molecular complexity index is 549. The van der Waals surface area contributed by atoms with Gasteiger partial charge in [0, 0.05) is 15.5 Å². The Morgan fingerprint density at radius 3 is 2.50 bits per heavy atom. The molecule has 1 heterocycles. The van der Waals surface area contributed by atoms with Crippen molar-refractivity contribution >= 4 is 40.5 Å². The number of benzene rings is 1. The molecule has 0 aliphatic carbocycles. The molecule has 0 unspecified atom stereocenters. The maximum absolute atomic E-state index is 11.1. The molecule has 0 spiro atoms. The summed E-state index contributed by atoms with van der Waals surface area (Å²) in [6, 6.07) is 8.32. The van der Waals surface area contributed by atoms with Crippen LogP contribution in [-0.2, 0) is 0 Å². The molecule has 5 heteroatoms. The average molecular weight is 273 g/mol. The van der Waals surface area contributed by atoms with E-state index in [0.717, 1.165) is 4.88 Å². The van der Waals surface area contributed by atoms with Crippen molar-refractivity contribution in [2.75, 3.05) is 0 Å². The fraction of sp³-hybridized carbons (Fsp3) is 0. The van der Waals surface area contributed by atoms with Crippen LogP contribution in [0.5, 0.6) is 0 Å².